The average molecular weight is 272 g/mol. The molecular formula is C18H24S. The van der Waals surface area contributed by atoms with Crippen molar-refractivity contribution in [3.8, 4) is 11.8 Å². The fourth-order valence-electron chi connectivity index (χ4n) is 1.88. The van der Waals surface area contributed by atoms with E-state index in [1.54, 1.807) is 0 Å². The molecule has 0 atom stereocenters. The van der Waals surface area contributed by atoms with E-state index < -0.39 is 0 Å². The Hall–Kier alpha value is -1.13. The van der Waals surface area contributed by atoms with Gasteiger partial charge in [-0.25, -0.2) is 0 Å². The summed E-state index contributed by atoms with van der Waals surface area (Å²) in [4.78, 5) is 0.997. The number of benzene rings is 1. The van der Waals surface area contributed by atoms with E-state index in [9.17, 15) is 0 Å². The van der Waals surface area contributed by atoms with Crippen LogP contribution < -0.4 is 0 Å². The second kappa shape index (κ2) is 10.8. The first-order valence-corrected chi connectivity index (χ1v) is 7.72. The Morgan fingerprint density at radius 1 is 1.05 bits per heavy atom. The number of rotatable bonds is 7. The monoisotopic (exact) mass is 272 g/mol. The summed E-state index contributed by atoms with van der Waals surface area (Å²) >= 11 is 4.40. The van der Waals surface area contributed by atoms with Crippen molar-refractivity contribution in [2.24, 2.45) is 0 Å². The Bertz CT molecular complexity index is 434. The molecule has 1 heteroatoms. The molecule has 0 amide bonds. The number of allylic oxidation sites excluding steroid dienone is 1. The summed E-state index contributed by atoms with van der Waals surface area (Å²) in [5.41, 5.74) is 1.12. The molecule has 0 radical (unpaired) electrons. The Balaban J connectivity index is 2.16. The van der Waals surface area contributed by atoms with Gasteiger partial charge in [-0.1, -0.05) is 69.1 Å². The van der Waals surface area contributed by atoms with Gasteiger partial charge in [-0.15, -0.1) is 12.6 Å². The van der Waals surface area contributed by atoms with Gasteiger partial charge in [0.15, 0.2) is 0 Å². The molecule has 0 aliphatic heterocycles. The lowest BCUT2D eigenvalue weighted by atomic mass is 10.1. The molecule has 0 aliphatic carbocycles. The van der Waals surface area contributed by atoms with Crippen LogP contribution in [0, 0.1) is 11.8 Å². The van der Waals surface area contributed by atoms with E-state index in [1.165, 1.54) is 38.5 Å². The third-order valence-electron chi connectivity index (χ3n) is 3.04. The van der Waals surface area contributed by atoms with Crippen molar-refractivity contribution >= 4 is 18.7 Å². The van der Waals surface area contributed by atoms with Gasteiger partial charge in [-0.2, -0.15) is 0 Å². The maximum absolute atomic E-state index is 4.40. The van der Waals surface area contributed by atoms with Crippen LogP contribution in [-0.2, 0) is 0 Å². The normalized spacial score (nSPS) is 10.4. The van der Waals surface area contributed by atoms with Gasteiger partial charge >= 0.3 is 0 Å². The average Bonchev–Trinajstić information content (AvgIpc) is 2.43. The van der Waals surface area contributed by atoms with Gasteiger partial charge in [0, 0.05) is 11.3 Å². The van der Waals surface area contributed by atoms with E-state index in [1.807, 2.05) is 36.4 Å². The van der Waals surface area contributed by atoms with Crippen molar-refractivity contribution in [2.45, 2.75) is 56.8 Å². The van der Waals surface area contributed by atoms with Crippen LogP contribution in [0.2, 0.25) is 0 Å². The molecule has 0 saturated heterocycles. The van der Waals surface area contributed by atoms with Gasteiger partial charge in [-0.3, -0.25) is 0 Å². The minimum absolute atomic E-state index is 0.997. The molecule has 102 valence electrons. The first kappa shape index (κ1) is 15.9. The lowest BCUT2D eigenvalue weighted by molar-refractivity contribution is 0.614. The highest BCUT2D eigenvalue weighted by Gasteiger charge is 1.90. The van der Waals surface area contributed by atoms with Gasteiger partial charge in [-0.05, 0) is 30.2 Å². The third kappa shape index (κ3) is 7.80. The van der Waals surface area contributed by atoms with Crippen LogP contribution in [0.15, 0.2) is 35.2 Å². The molecule has 0 saturated carbocycles. The predicted octanol–water partition coefficient (Wildman–Crippen LogP) is 5.74. The molecule has 0 unspecified atom stereocenters. The molecule has 0 aliphatic rings. The van der Waals surface area contributed by atoms with Crippen LogP contribution in [0.1, 0.15) is 57.4 Å². The molecule has 1 aromatic rings. The second-order valence-electron chi connectivity index (χ2n) is 4.73. The highest BCUT2D eigenvalue weighted by Crippen LogP contribution is 2.13. The van der Waals surface area contributed by atoms with Gasteiger partial charge in [0.25, 0.3) is 0 Å². The Morgan fingerprint density at radius 3 is 2.58 bits per heavy atom. The van der Waals surface area contributed by atoms with Crippen LogP contribution >= 0.6 is 12.6 Å². The lowest BCUT2D eigenvalue weighted by Gasteiger charge is -1.96. The highest BCUT2D eigenvalue weighted by molar-refractivity contribution is 7.80. The van der Waals surface area contributed by atoms with Crippen molar-refractivity contribution in [3.63, 3.8) is 0 Å². The number of thiol groups is 1. The number of unbranched alkanes of at least 4 members (excludes halogenated alkanes) is 6. The van der Waals surface area contributed by atoms with Crippen LogP contribution in [-0.4, -0.2) is 0 Å². The van der Waals surface area contributed by atoms with E-state index in [2.05, 4.69) is 31.4 Å². The fraction of sp³-hybridized carbons (Fsp3) is 0.444. The lowest BCUT2D eigenvalue weighted by Crippen LogP contribution is -1.77. The highest BCUT2D eigenvalue weighted by atomic mass is 32.1. The van der Waals surface area contributed by atoms with Crippen molar-refractivity contribution in [2.75, 3.05) is 0 Å². The molecule has 0 bridgehead atoms. The molecule has 1 aromatic carbocycles. The topological polar surface area (TPSA) is 0 Å². The van der Waals surface area contributed by atoms with E-state index in [4.69, 9.17) is 0 Å². The first-order valence-electron chi connectivity index (χ1n) is 7.27. The quantitative estimate of drug-likeness (QED) is 0.365. The van der Waals surface area contributed by atoms with Crippen LogP contribution in [0.5, 0.6) is 0 Å². The zero-order chi connectivity index (χ0) is 13.8. The maximum Gasteiger partial charge on any atom is 0.0113 e. The van der Waals surface area contributed by atoms with E-state index in [0.717, 1.165) is 16.9 Å². The summed E-state index contributed by atoms with van der Waals surface area (Å²) < 4.78 is 0. The smallest absolute Gasteiger partial charge is 0.0113 e. The summed E-state index contributed by atoms with van der Waals surface area (Å²) in [5.74, 6) is 6.30. The molecule has 0 N–H and O–H groups in total. The predicted molar refractivity (Wildman–Crippen MR) is 88.5 cm³/mol. The van der Waals surface area contributed by atoms with Crippen molar-refractivity contribution in [1.82, 2.24) is 0 Å². The van der Waals surface area contributed by atoms with E-state index in [0.29, 0.717) is 0 Å². The molecule has 0 heterocycles. The summed E-state index contributed by atoms with van der Waals surface area (Å²) in [6.45, 7) is 2.25. The fourth-order valence-corrected chi connectivity index (χ4v) is 2.12. The number of hydrogen-bond acceptors (Lipinski definition) is 1. The zero-order valence-electron chi connectivity index (χ0n) is 11.9. The SMILES string of the molecule is CCCCCCCCC#C/C=C\c1ccccc1S. The Morgan fingerprint density at radius 2 is 1.79 bits per heavy atom. The second-order valence-corrected chi connectivity index (χ2v) is 5.21. The van der Waals surface area contributed by atoms with E-state index >= 15 is 0 Å². The molecule has 19 heavy (non-hydrogen) atoms. The standard InChI is InChI=1S/C18H24S/c1-2-3-4-5-6-7-8-9-10-11-14-17-15-12-13-16-18(17)19/h11-16,19H,2-8H2,1H3/b14-11-. The molecule has 0 nitrogen and oxygen atoms in total. The van der Waals surface area contributed by atoms with E-state index in [-0.39, 0.29) is 0 Å². The van der Waals surface area contributed by atoms with Gasteiger partial charge in [0.2, 0.25) is 0 Å². The van der Waals surface area contributed by atoms with Crippen LogP contribution in [0.3, 0.4) is 0 Å². The van der Waals surface area contributed by atoms with Gasteiger partial charge in [0.1, 0.15) is 0 Å². The van der Waals surface area contributed by atoms with Crippen molar-refractivity contribution in [1.29, 1.82) is 0 Å². The molecule has 0 fully saturated rings. The van der Waals surface area contributed by atoms with Crippen molar-refractivity contribution in [3.05, 3.63) is 35.9 Å². The minimum atomic E-state index is 0.997. The molecule has 0 spiro atoms. The molecule has 1 rings (SSSR count). The maximum atomic E-state index is 4.40. The minimum Gasteiger partial charge on any atom is -0.143 e. The van der Waals surface area contributed by atoms with Crippen LogP contribution in [0.25, 0.3) is 6.08 Å². The molecule has 0 aromatic heterocycles. The zero-order valence-corrected chi connectivity index (χ0v) is 12.8. The summed E-state index contributed by atoms with van der Waals surface area (Å²) in [7, 11) is 0. The van der Waals surface area contributed by atoms with Gasteiger partial charge < -0.3 is 0 Å². The number of hydrogen-bond donors (Lipinski definition) is 1. The summed E-state index contributed by atoms with van der Waals surface area (Å²) in [5, 5.41) is 0. The Labute approximate surface area is 123 Å². The Kier molecular flexibility index (Phi) is 9.02. The van der Waals surface area contributed by atoms with Gasteiger partial charge in [0.05, 0.1) is 0 Å². The summed E-state index contributed by atoms with van der Waals surface area (Å²) in [6, 6.07) is 8.05. The first-order chi connectivity index (χ1) is 9.34. The largest absolute Gasteiger partial charge is 0.143 e. The molecular weight excluding hydrogens is 248 g/mol. The summed E-state index contributed by atoms with van der Waals surface area (Å²) in [6.07, 6.45) is 12.9. The van der Waals surface area contributed by atoms with Crippen LogP contribution in [0.4, 0.5) is 0 Å². The third-order valence-corrected chi connectivity index (χ3v) is 3.45. The van der Waals surface area contributed by atoms with Crippen molar-refractivity contribution < 1.29 is 0 Å².